The van der Waals surface area contributed by atoms with Crippen molar-refractivity contribution in [2.75, 3.05) is 13.1 Å². The molecule has 1 nitrogen and oxygen atoms in total. The van der Waals surface area contributed by atoms with Gasteiger partial charge in [-0.05, 0) is 55.2 Å². The van der Waals surface area contributed by atoms with E-state index in [-0.39, 0.29) is 0 Å². The summed E-state index contributed by atoms with van der Waals surface area (Å²) in [6.45, 7) is 7.02. The van der Waals surface area contributed by atoms with Crippen molar-refractivity contribution < 1.29 is 0 Å². The standard InChI is InChI=1S/C17H25NS/c1-3-18-12-17(2,14-8-9-14)11-15-10-13-6-4-5-7-16(13)19-15/h4-7,14-15,18H,3,8-12H2,1-2H3. The highest BCUT2D eigenvalue weighted by molar-refractivity contribution is 8.00. The van der Waals surface area contributed by atoms with E-state index in [1.807, 2.05) is 0 Å². The molecule has 2 heteroatoms. The number of rotatable bonds is 6. The Kier molecular flexibility index (Phi) is 3.91. The van der Waals surface area contributed by atoms with Gasteiger partial charge in [-0.3, -0.25) is 0 Å². The highest BCUT2D eigenvalue weighted by Gasteiger charge is 2.43. The molecule has 2 atom stereocenters. The van der Waals surface area contributed by atoms with Crippen LogP contribution in [0.25, 0.3) is 0 Å². The molecule has 2 unspecified atom stereocenters. The van der Waals surface area contributed by atoms with Crippen molar-refractivity contribution in [3.63, 3.8) is 0 Å². The molecule has 0 spiro atoms. The Morgan fingerprint density at radius 1 is 1.32 bits per heavy atom. The predicted octanol–water partition coefficient (Wildman–Crippen LogP) is 4.12. The van der Waals surface area contributed by atoms with Crippen LogP contribution in [-0.4, -0.2) is 18.3 Å². The second kappa shape index (κ2) is 5.49. The molecule has 1 aromatic rings. The minimum absolute atomic E-state index is 0.510. The molecule has 0 saturated heterocycles. The number of benzene rings is 1. The van der Waals surface area contributed by atoms with Gasteiger partial charge in [-0.1, -0.05) is 32.0 Å². The molecule has 1 aromatic carbocycles. The fraction of sp³-hybridized carbons (Fsp3) is 0.647. The van der Waals surface area contributed by atoms with Crippen LogP contribution < -0.4 is 5.32 Å². The minimum atomic E-state index is 0.510. The number of fused-ring (bicyclic) bond motifs is 1. The molecule has 0 amide bonds. The van der Waals surface area contributed by atoms with Crippen LogP contribution in [-0.2, 0) is 6.42 Å². The van der Waals surface area contributed by atoms with Gasteiger partial charge in [0.25, 0.3) is 0 Å². The summed E-state index contributed by atoms with van der Waals surface area (Å²) in [5, 5.41) is 4.39. The zero-order chi connectivity index (χ0) is 13.3. The Hall–Kier alpha value is -0.470. The van der Waals surface area contributed by atoms with Gasteiger partial charge in [-0.15, -0.1) is 11.8 Å². The van der Waals surface area contributed by atoms with Gasteiger partial charge in [0.2, 0.25) is 0 Å². The average Bonchev–Trinajstić information content (AvgIpc) is 3.18. The fourth-order valence-corrected chi connectivity index (χ4v) is 5.01. The fourth-order valence-electron chi connectivity index (χ4n) is 3.46. The Morgan fingerprint density at radius 3 is 2.79 bits per heavy atom. The largest absolute Gasteiger partial charge is 0.316 e. The third-order valence-corrected chi connectivity index (χ3v) is 6.07. The van der Waals surface area contributed by atoms with Crippen LogP contribution in [0.5, 0.6) is 0 Å². The first kappa shape index (κ1) is 13.5. The summed E-state index contributed by atoms with van der Waals surface area (Å²) in [4.78, 5) is 1.52. The Balaban J connectivity index is 1.64. The van der Waals surface area contributed by atoms with Crippen molar-refractivity contribution in [2.24, 2.45) is 11.3 Å². The van der Waals surface area contributed by atoms with Crippen molar-refractivity contribution in [2.45, 2.75) is 49.7 Å². The maximum atomic E-state index is 3.60. The molecule has 1 aliphatic carbocycles. The molecule has 0 bridgehead atoms. The zero-order valence-corrected chi connectivity index (χ0v) is 12.9. The van der Waals surface area contributed by atoms with Gasteiger partial charge in [0.05, 0.1) is 0 Å². The van der Waals surface area contributed by atoms with Crippen LogP contribution in [0.1, 0.15) is 38.7 Å². The van der Waals surface area contributed by atoms with E-state index in [4.69, 9.17) is 0 Å². The molecule has 2 aliphatic rings. The molecule has 1 fully saturated rings. The van der Waals surface area contributed by atoms with Crippen LogP contribution in [0.2, 0.25) is 0 Å². The van der Waals surface area contributed by atoms with Crippen LogP contribution in [0.4, 0.5) is 0 Å². The van der Waals surface area contributed by atoms with Crippen LogP contribution in [0, 0.1) is 11.3 Å². The zero-order valence-electron chi connectivity index (χ0n) is 12.1. The normalized spacial score (nSPS) is 25.1. The smallest absolute Gasteiger partial charge is 0.0141 e. The quantitative estimate of drug-likeness (QED) is 0.838. The van der Waals surface area contributed by atoms with Crippen molar-refractivity contribution in [3.8, 4) is 0 Å². The SMILES string of the molecule is CCNCC(C)(CC1Cc2ccccc2S1)C1CC1. The summed E-state index contributed by atoms with van der Waals surface area (Å²) in [6.07, 6.45) is 5.54. The Morgan fingerprint density at radius 2 is 2.11 bits per heavy atom. The first-order valence-electron chi connectivity index (χ1n) is 7.66. The molecule has 1 N–H and O–H groups in total. The molecule has 104 valence electrons. The molecular weight excluding hydrogens is 250 g/mol. The van der Waals surface area contributed by atoms with Gasteiger partial charge in [-0.2, -0.15) is 0 Å². The highest BCUT2D eigenvalue weighted by atomic mass is 32.2. The lowest BCUT2D eigenvalue weighted by atomic mass is 9.79. The number of hydrogen-bond acceptors (Lipinski definition) is 2. The van der Waals surface area contributed by atoms with E-state index in [9.17, 15) is 0 Å². The van der Waals surface area contributed by atoms with Gasteiger partial charge in [0, 0.05) is 16.7 Å². The second-order valence-electron chi connectivity index (χ2n) is 6.46. The third kappa shape index (κ3) is 3.00. The lowest BCUT2D eigenvalue weighted by Gasteiger charge is -2.32. The Bertz CT molecular complexity index is 416. The van der Waals surface area contributed by atoms with E-state index in [0.29, 0.717) is 5.41 Å². The van der Waals surface area contributed by atoms with E-state index < -0.39 is 0 Å². The number of thioether (sulfide) groups is 1. The predicted molar refractivity (Wildman–Crippen MR) is 83.8 cm³/mol. The molecule has 19 heavy (non-hydrogen) atoms. The lowest BCUT2D eigenvalue weighted by Crippen LogP contribution is -2.36. The van der Waals surface area contributed by atoms with E-state index >= 15 is 0 Å². The van der Waals surface area contributed by atoms with E-state index in [0.717, 1.165) is 17.7 Å². The summed E-state index contributed by atoms with van der Waals surface area (Å²) in [6, 6.07) is 8.95. The summed E-state index contributed by atoms with van der Waals surface area (Å²) in [5.41, 5.74) is 2.08. The summed E-state index contributed by atoms with van der Waals surface area (Å²) in [7, 11) is 0. The molecular formula is C17H25NS. The molecule has 0 aromatic heterocycles. The first-order valence-corrected chi connectivity index (χ1v) is 8.54. The maximum absolute atomic E-state index is 3.60. The average molecular weight is 275 g/mol. The van der Waals surface area contributed by atoms with Crippen molar-refractivity contribution >= 4 is 11.8 Å². The second-order valence-corrected chi connectivity index (χ2v) is 7.81. The topological polar surface area (TPSA) is 12.0 Å². The van der Waals surface area contributed by atoms with E-state index in [2.05, 4.69) is 55.2 Å². The molecule has 1 heterocycles. The van der Waals surface area contributed by atoms with Gasteiger partial charge in [-0.25, -0.2) is 0 Å². The van der Waals surface area contributed by atoms with Crippen LogP contribution in [0.15, 0.2) is 29.2 Å². The van der Waals surface area contributed by atoms with Gasteiger partial charge < -0.3 is 5.32 Å². The van der Waals surface area contributed by atoms with Gasteiger partial charge in [0.1, 0.15) is 0 Å². The minimum Gasteiger partial charge on any atom is -0.316 e. The van der Waals surface area contributed by atoms with E-state index in [1.165, 1.54) is 37.1 Å². The number of nitrogens with one attached hydrogen (secondary N) is 1. The molecule has 3 rings (SSSR count). The van der Waals surface area contributed by atoms with E-state index in [1.54, 1.807) is 5.56 Å². The number of hydrogen-bond donors (Lipinski definition) is 1. The summed E-state index contributed by atoms with van der Waals surface area (Å²) in [5.74, 6) is 0.968. The third-order valence-electron chi connectivity index (χ3n) is 4.75. The summed E-state index contributed by atoms with van der Waals surface area (Å²) < 4.78 is 0. The van der Waals surface area contributed by atoms with Crippen molar-refractivity contribution in [1.29, 1.82) is 0 Å². The van der Waals surface area contributed by atoms with Crippen molar-refractivity contribution in [1.82, 2.24) is 5.32 Å². The Labute approximate surface area is 121 Å². The highest BCUT2D eigenvalue weighted by Crippen LogP contribution is 2.51. The molecule has 0 radical (unpaired) electrons. The van der Waals surface area contributed by atoms with Crippen LogP contribution >= 0.6 is 11.8 Å². The molecule has 1 saturated carbocycles. The van der Waals surface area contributed by atoms with Gasteiger partial charge in [0.15, 0.2) is 0 Å². The lowest BCUT2D eigenvalue weighted by molar-refractivity contribution is 0.237. The maximum Gasteiger partial charge on any atom is 0.0141 e. The first-order chi connectivity index (χ1) is 9.21. The summed E-state index contributed by atoms with van der Waals surface area (Å²) >= 11 is 2.11. The van der Waals surface area contributed by atoms with Crippen LogP contribution in [0.3, 0.4) is 0 Å². The van der Waals surface area contributed by atoms with Gasteiger partial charge >= 0.3 is 0 Å². The monoisotopic (exact) mass is 275 g/mol. The van der Waals surface area contributed by atoms with Crippen molar-refractivity contribution in [3.05, 3.63) is 29.8 Å². The molecule has 1 aliphatic heterocycles.